The van der Waals surface area contributed by atoms with Crippen LogP contribution in [0.1, 0.15) is 70.5 Å². The molecule has 0 fully saturated rings. The summed E-state index contributed by atoms with van der Waals surface area (Å²) in [4.78, 5) is 0. The molecule has 178 valence electrons. The fraction of sp³-hybridized carbons (Fsp3) is 0.333. The van der Waals surface area contributed by atoms with Crippen LogP contribution in [0.4, 0.5) is 0 Å². The van der Waals surface area contributed by atoms with Gasteiger partial charge in [-0.15, -0.1) is 0 Å². The summed E-state index contributed by atoms with van der Waals surface area (Å²) >= 11 is 0. The predicted molar refractivity (Wildman–Crippen MR) is 149 cm³/mol. The van der Waals surface area contributed by atoms with Crippen molar-refractivity contribution in [3.8, 4) is 0 Å². The smallest absolute Gasteiger partial charge is 0.134 e. The molecule has 2 heterocycles. The molecule has 0 N–H and O–H groups in total. The summed E-state index contributed by atoms with van der Waals surface area (Å²) in [6, 6.07) is 22.2. The van der Waals surface area contributed by atoms with Crippen molar-refractivity contribution in [3.63, 3.8) is 0 Å². The third-order valence-electron chi connectivity index (χ3n) is 7.62. The molecule has 0 radical (unpaired) electrons. The molecule has 6 rings (SSSR count). The Morgan fingerprint density at radius 2 is 1.14 bits per heavy atom. The lowest BCUT2D eigenvalue weighted by molar-refractivity contribution is 0.517. The van der Waals surface area contributed by atoms with Crippen LogP contribution < -0.4 is 0 Å². The fourth-order valence-corrected chi connectivity index (χ4v) is 5.66. The molecule has 0 aliphatic rings. The fourth-order valence-electron chi connectivity index (χ4n) is 5.66. The first-order valence-corrected chi connectivity index (χ1v) is 13.5. The first-order valence-electron chi connectivity index (χ1n) is 13.5. The average Bonchev–Trinajstić information content (AvgIpc) is 3.50. The molecule has 0 amide bonds. The molecule has 35 heavy (non-hydrogen) atoms. The largest absolute Gasteiger partial charge is 0.464 e. The van der Waals surface area contributed by atoms with E-state index in [1.54, 1.807) is 6.26 Å². The molecule has 0 unspecified atom stereocenters. The van der Waals surface area contributed by atoms with Gasteiger partial charge in [-0.05, 0) is 75.1 Å². The average molecular weight is 463 g/mol. The van der Waals surface area contributed by atoms with Crippen LogP contribution in [0.15, 0.2) is 75.8 Å². The van der Waals surface area contributed by atoms with E-state index in [0.717, 1.165) is 28.7 Å². The maximum atomic E-state index is 6.32. The molecule has 0 spiro atoms. The SMILES string of the molecule is CCCCCCCCCCCc1cc2cc3ccc4c5cc6occc6cc5ccc4c3cc2o1. The summed E-state index contributed by atoms with van der Waals surface area (Å²) in [5, 5.41) is 9.87. The molecular weight excluding hydrogens is 428 g/mol. The molecule has 6 aromatic rings. The van der Waals surface area contributed by atoms with Crippen molar-refractivity contribution in [2.24, 2.45) is 0 Å². The summed E-state index contributed by atoms with van der Waals surface area (Å²) in [6.45, 7) is 2.28. The minimum absolute atomic E-state index is 0.938. The number of benzene rings is 4. The number of fused-ring (bicyclic) bond motifs is 7. The maximum Gasteiger partial charge on any atom is 0.134 e. The molecule has 0 bridgehead atoms. The Morgan fingerprint density at radius 1 is 0.514 bits per heavy atom. The normalized spacial score (nSPS) is 12.1. The summed E-state index contributed by atoms with van der Waals surface area (Å²) in [5.41, 5.74) is 1.94. The zero-order valence-corrected chi connectivity index (χ0v) is 20.7. The molecular formula is C33H34O2. The number of furan rings is 2. The van der Waals surface area contributed by atoms with Crippen LogP contribution in [0.25, 0.3) is 54.3 Å². The van der Waals surface area contributed by atoms with Crippen molar-refractivity contribution >= 4 is 54.3 Å². The van der Waals surface area contributed by atoms with Crippen LogP contribution in [-0.4, -0.2) is 0 Å². The summed E-state index contributed by atoms with van der Waals surface area (Å²) < 4.78 is 12.0. The van der Waals surface area contributed by atoms with Gasteiger partial charge in [-0.2, -0.15) is 0 Å². The molecule has 0 aliphatic carbocycles. The van der Waals surface area contributed by atoms with E-state index >= 15 is 0 Å². The Hall–Kier alpha value is -3.26. The van der Waals surface area contributed by atoms with Gasteiger partial charge in [-0.3, -0.25) is 0 Å². The zero-order valence-electron chi connectivity index (χ0n) is 20.7. The van der Waals surface area contributed by atoms with Crippen LogP contribution in [0.2, 0.25) is 0 Å². The zero-order chi connectivity index (χ0) is 23.6. The molecule has 2 heteroatoms. The Kier molecular flexibility index (Phi) is 6.21. The number of rotatable bonds is 10. The van der Waals surface area contributed by atoms with Gasteiger partial charge < -0.3 is 8.83 Å². The van der Waals surface area contributed by atoms with Gasteiger partial charge in [0.15, 0.2) is 0 Å². The van der Waals surface area contributed by atoms with Gasteiger partial charge in [0.2, 0.25) is 0 Å². The van der Waals surface area contributed by atoms with Crippen LogP contribution in [0.3, 0.4) is 0 Å². The minimum Gasteiger partial charge on any atom is -0.464 e. The Balaban J connectivity index is 1.22. The van der Waals surface area contributed by atoms with E-state index in [9.17, 15) is 0 Å². The van der Waals surface area contributed by atoms with E-state index < -0.39 is 0 Å². The Morgan fingerprint density at radius 3 is 1.86 bits per heavy atom. The second-order valence-corrected chi connectivity index (χ2v) is 10.2. The van der Waals surface area contributed by atoms with E-state index in [-0.39, 0.29) is 0 Å². The van der Waals surface area contributed by atoms with Gasteiger partial charge in [-0.25, -0.2) is 0 Å². The summed E-state index contributed by atoms with van der Waals surface area (Å²) in [7, 11) is 0. The highest BCUT2D eigenvalue weighted by atomic mass is 16.3. The lowest BCUT2D eigenvalue weighted by Gasteiger charge is -2.08. The highest BCUT2D eigenvalue weighted by Crippen LogP contribution is 2.36. The molecule has 0 saturated heterocycles. The van der Waals surface area contributed by atoms with Crippen molar-refractivity contribution in [2.45, 2.75) is 71.1 Å². The van der Waals surface area contributed by atoms with Gasteiger partial charge in [0.25, 0.3) is 0 Å². The van der Waals surface area contributed by atoms with Crippen molar-refractivity contribution in [1.29, 1.82) is 0 Å². The summed E-state index contributed by atoms with van der Waals surface area (Å²) in [6.07, 6.45) is 15.0. The highest BCUT2D eigenvalue weighted by Gasteiger charge is 2.11. The van der Waals surface area contributed by atoms with Crippen LogP contribution >= 0.6 is 0 Å². The van der Waals surface area contributed by atoms with E-state index in [4.69, 9.17) is 8.83 Å². The first-order chi connectivity index (χ1) is 17.3. The number of aryl methyl sites for hydroxylation is 1. The van der Waals surface area contributed by atoms with Crippen molar-refractivity contribution in [3.05, 3.63) is 72.7 Å². The molecule has 2 nitrogen and oxygen atoms in total. The molecule has 0 aliphatic heterocycles. The van der Waals surface area contributed by atoms with Gasteiger partial charge in [0.1, 0.15) is 16.9 Å². The molecule has 0 saturated carbocycles. The standard InChI is InChI=1S/C33H34O2/c1-2-3-4-5-6-7-8-9-10-11-27-20-26-19-24-13-15-28-29(31(24)22-33(26)35-27)14-12-23-18-25-16-17-34-32(25)21-30(23)28/h12-22H,2-11H2,1H3. The topological polar surface area (TPSA) is 26.3 Å². The summed E-state index contributed by atoms with van der Waals surface area (Å²) in [5.74, 6) is 1.12. The lowest BCUT2D eigenvalue weighted by atomic mass is 9.96. The Bertz CT molecular complexity index is 1610. The second kappa shape index (κ2) is 9.77. The minimum atomic E-state index is 0.938. The van der Waals surface area contributed by atoms with E-state index in [1.165, 1.54) is 95.5 Å². The van der Waals surface area contributed by atoms with Crippen LogP contribution in [-0.2, 0) is 6.42 Å². The van der Waals surface area contributed by atoms with Gasteiger partial charge in [0.05, 0.1) is 6.26 Å². The highest BCUT2D eigenvalue weighted by molar-refractivity contribution is 6.20. The molecule has 0 atom stereocenters. The molecule has 2 aromatic heterocycles. The van der Waals surface area contributed by atoms with Crippen molar-refractivity contribution in [2.75, 3.05) is 0 Å². The van der Waals surface area contributed by atoms with Crippen LogP contribution in [0, 0.1) is 0 Å². The maximum absolute atomic E-state index is 6.32. The van der Waals surface area contributed by atoms with Crippen molar-refractivity contribution < 1.29 is 8.83 Å². The third-order valence-corrected chi connectivity index (χ3v) is 7.62. The number of hydrogen-bond acceptors (Lipinski definition) is 2. The second-order valence-electron chi connectivity index (χ2n) is 10.2. The first kappa shape index (κ1) is 22.2. The van der Waals surface area contributed by atoms with Gasteiger partial charge >= 0.3 is 0 Å². The molecule has 4 aromatic carbocycles. The Labute approximate surface area is 206 Å². The van der Waals surface area contributed by atoms with E-state index in [1.807, 2.05) is 6.07 Å². The van der Waals surface area contributed by atoms with Gasteiger partial charge in [0, 0.05) is 17.2 Å². The monoisotopic (exact) mass is 462 g/mol. The van der Waals surface area contributed by atoms with Gasteiger partial charge in [-0.1, -0.05) is 82.6 Å². The number of unbranched alkanes of at least 4 members (excludes halogenated alkanes) is 8. The predicted octanol–water partition coefficient (Wildman–Crippen LogP) is 10.7. The third kappa shape index (κ3) is 4.43. The van der Waals surface area contributed by atoms with Crippen LogP contribution in [0.5, 0.6) is 0 Å². The van der Waals surface area contributed by atoms with Crippen molar-refractivity contribution in [1.82, 2.24) is 0 Å². The number of hydrogen-bond donors (Lipinski definition) is 0. The van der Waals surface area contributed by atoms with E-state index in [0.29, 0.717) is 0 Å². The quantitative estimate of drug-likeness (QED) is 0.149. The lowest BCUT2D eigenvalue weighted by Crippen LogP contribution is -1.84. The van der Waals surface area contributed by atoms with E-state index in [2.05, 4.69) is 61.5 Å².